The zero-order chi connectivity index (χ0) is 20.1. The van der Waals surface area contributed by atoms with E-state index in [2.05, 4.69) is 0 Å². The van der Waals surface area contributed by atoms with E-state index in [1.165, 1.54) is 26.4 Å². The average Bonchev–Trinajstić information content (AvgIpc) is 2.53. The summed E-state index contributed by atoms with van der Waals surface area (Å²) in [5, 5.41) is 0. The van der Waals surface area contributed by atoms with Crippen molar-refractivity contribution in [2.24, 2.45) is 0 Å². The van der Waals surface area contributed by atoms with Gasteiger partial charge < -0.3 is 15.2 Å². The first-order chi connectivity index (χ1) is 11.9. The van der Waals surface area contributed by atoms with Crippen LogP contribution in [-0.4, -0.2) is 14.2 Å². The Balaban J connectivity index is 0.000000260. The number of hydrogen-bond acceptors (Lipinski definition) is 3. The molecule has 0 bridgehead atoms. The highest BCUT2D eigenvalue weighted by Crippen LogP contribution is 2.34. The lowest BCUT2D eigenvalue weighted by molar-refractivity contribution is -0.138. The molecule has 0 saturated carbocycles. The van der Waals surface area contributed by atoms with Gasteiger partial charge in [0.1, 0.15) is 11.5 Å². The van der Waals surface area contributed by atoms with Crippen LogP contribution in [0.3, 0.4) is 0 Å². The first-order valence-corrected chi connectivity index (χ1v) is 7.89. The molecule has 2 rings (SSSR count). The van der Waals surface area contributed by atoms with Crippen LogP contribution in [0, 0.1) is 3.57 Å². The molecule has 2 aromatic carbocycles. The summed E-state index contributed by atoms with van der Waals surface area (Å²) in [6.45, 7) is 0. The van der Waals surface area contributed by atoms with Gasteiger partial charge in [-0.1, -0.05) is 0 Å². The van der Waals surface area contributed by atoms with Gasteiger partial charge in [0.25, 0.3) is 0 Å². The van der Waals surface area contributed by atoms with Gasteiger partial charge in [-0.3, -0.25) is 0 Å². The van der Waals surface area contributed by atoms with Crippen LogP contribution in [0.1, 0.15) is 11.1 Å². The summed E-state index contributed by atoms with van der Waals surface area (Å²) < 4.78 is 82.8. The Labute approximate surface area is 159 Å². The molecule has 0 aliphatic heterocycles. The molecule has 144 valence electrons. The number of benzene rings is 2. The van der Waals surface area contributed by atoms with Crippen molar-refractivity contribution in [3.8, 4) is 11.5 Å². The second-order valence-corrected chi connectivity index (χ2v) is 5.96. The van der Waals surface area contributed by atoms with Crippen molar-refractivity contribution in [1.82, 2.24) is 0 Å². The normalized spacial score (nSPS) is 11.4. The van der Waals surface area contributed by atoms with Gasteiger partial charge in [0.05, 0.1) is 34.6 Å². The van der Waals surface area contributed by atoms with Gasteiger partial charge in [-0.15, -0.1) is 0 Å². The van der Waals surface area contributed by atoms with Crippen molar-refractivity contribution in [3.05, 3.63) is 51.1 Å². The molecule has 0 unspecified atom stereocenters. The van der Waals surface area contributed by atoms with E-state index >= 15 is 0 Å². The highest BCUT2D eigenvalue weighted by atomic mass is 127. The number of alkyl halides is 6. The van der Waals surface area contributed by atoms with Gasteiger partial charge in [0.2, 0.25) is 0 Å². The molecule has 0 aromatic heterocycles. The second-order valence-electron chi connectivity index (χ2n) is 4.80. The molecule has 2 N–H and O–H groups in total. The van der Waals surface area contributed by atoms with Crippen molar-refractivity contribution in [2.75, 3.05) is 20.0 Å². The van der Waals surface area contributed by atoms with E-state index in [1.807, 2.05) is 0 Å². The minimum Gasteiger partial charge on any atom is -0.496 e. The van der Waals surface area contributed by atoms with Crippen molar-refractivity contribution < 1.29 is 35.8 Å². The average molecular weight is 493 g/mol. The zero-order valence-electron chi connectivity index (χ0n) is 13.5. The first-order valence-electron chi connectivity index (χ1n) is 6.81. The molecule has 0 heterocycles. The maximum atomic E-state index is 12.2. The van der Waals surface area contributed by atoms with Gasteiger partial charge in [-0.25, -0.2) is 0 Å². The van der Waals surface area contributed by atoms with Crippen LogP contribution in [0.2, 0.25) is 0 Å². The number of ether oxygens (including phenoxy) is 2. The summed E-state index contributed by atoms with van der Waals surface area (Å²) in [5.74, 6) is 0.696. The summed E-state index contributed by atoms with van der Waals surface area (Å²) in [6.07, 6.45) is -8.65. The highest BCUT2D eigenvalue weighted by molar-refractivity contribution is 14.1. The summed E-state index contributed by atoms with van der Waals surface area (Å²) in [6, 6.07) is 6.33. The summed E-state index contributed by atoms with van der Waals surface area (Å²) in [4.78, 5) is 0. The molecule has 10 heteroatoms. The van der Waals surface area contributed by atoms with Gasteiger partial charge in [-0.05, 0) is 59.0 Å². The van der Waals surface area contributed by atoms with Gasteiger partial charge >= 0.3 is 12.4 Å². The van der Waals surface area contributed by atoms with E-state index in [4.69, 9.17) is 15.2 Å². The lowest BCUT2D eigenvalue weighted by Gasteiger charge is -2.09. The highest BCUT2D eigenvalue weighted by Gasteiger charge is 2.31. The summed E-state index contributed by atoms with van der Waals surface area (Å²) in [7, 11) is 2.77. The van der Waals surface area contributed by atoms with Crippen LogP contribution in [0.4, 0.5) is 32.0 Å². The number of nitrogen functional groups attached to an aromatic ring is 1. The SMILES string of the molecule is COc1ccc(C(F)(F)F)cc1I.COc1ccc(C(F)(F)F)cc1N. The molecule has 0 saturated heterocycles. The molecule has 2 aromatic rings. The standard InChI is InChI=1S/C8H6F3IO.C8H8F3NO/c2*1-13-7-3-2-5(4-6(7)12)8(9,10)11/h2-4H,1H3;2-4H,12H2,1H3. The minimum absolute atomic E-state index is 0.0164. The largest absolute Gasteiger partial charge is 0.496 e. The fourth-order valence-electron chi connectivity index (χ4n) is 1.75. The van der Waals surface area contributed by atoms with Crippen molar-refractivity contribution in [2.45, 2.75) is 12.4 Å². The summed E-state index contributed by atoms with van der Waals surface area (Å²) in [5.41, 5.74) is 3.86. The van der Waals surface area contributed by atoms with Crippen LogP contribution in [0.5, 0.6) is 11.5 Å². The maximum absolute atomic E-state index is 12.2. The molecule has 0 radical (unpaired) electrons. The molecular formula is C16H14F6INO2. The number of halogens is 7. The Morgan fingerprint density at radius 1 is 0.769 bits per heavy atom. The quantitative estimate of drug-likeness (QED) is 0.336. The lowest BCUT2D eigenvalue weighted by Crippen LogP contribution is -2.05. The Morgan fingerprint density at radius 2 is 1.19 bits per heavy atom. The third-order valence-corrected chi connectivity index (χ3v) is 3.88. The molecule has 0 amide bonds. The van der Waals surface area contributed by atoms with Crippen LogP contribution < -0.4 is 15.2 Å². The topological polar surface area (TPSA) is 44.5 Å². The molecular weight excluding hydrogens is 479 g/mol. The predicted octanol–water partition coefficient (Wildman–Crippen LogP) is 5.61. The lowest BCUT2D eigenvalue weighted by atomic mass is 10.2. The number of rotatable bonds is 2. The van der Waals surface area contributed by atoms with Crippen molar-refractivity contribution in [3.63, 3.8) is 0 Å². The molecule has 0 atom stereocenters. The van der Waals surface area contributed by atoms with Crippen LogP contribution in [-0.2, 0) is 12.4 Å². The smallest absolute Gasteiger partial charge is 0.416 e. The predicted molar refractivity (Wildman–Crippen MR) is 93.1 cm³/mol. The first kappa shape index (κ1) is 22.2. The summed E-state index contributed by atoms with van der Waals surface area (Å²) >= 11 is 1.80. The Hall–Kier alpha value is -1.85. The molecule has 0 fully saturated rings. The van der Waals surface area contributed by atoms with Crippen LogP contribution in [0.25, 0.3) is 0 Å². The third-order valence-electron chi connectivity index (χ3n) is 3.04. The molecule has 3 nitrogen and oxygen atoms in total. The van der Waals surface area contributed by atoms with Crippen LogP contribution >= 0.6 is 22.6 Å². The number of nitrogens with two attached hydrogens (primary N) is 1. The van der Waals surface area contributed by atoms with E-state index in [9.17, 15) is 26.3 Å². The number of hydrogen-bond donors (Lipinski definition) is 1. The molecule has 0 aliphatic rings. The number of methoxy groups -OCH3 is 2. The van der Waals surface area contributed by atoms with E-state index in [0.717, 1.165) is 24.3 Å². The number of anilines is 1. The fourth-order valence-corrected chi connectivity index (χ4v) is 2.49. The second kappa shape index (κ2) is 8.69. The molecule has 0 aliphatic carbocycles. The van der Waals surface area contributed by atoms with E-state index in [-0.39, 0.29) is 11.4 Å². The third kappa shape index (κ3) is 6.15. The molecule has 26 heavy (non-hydrogen) atoms. The van der Waals surface area contributed by atoms with Gasteiger partial charge in [0.15, 0.2) is 0 Å². The Bertz CT molecular complexity index is 683. The Kier molecular flexibility index (Phi) is 7.42. The fraction of sp³-hybridized carbons (Fsp3) is 0.250. The zero-order valence-corrected chi connectivity index (χ0v) is 15.7. The van der Waals surface area contributed by atoms with Crippen LogP contribution in [0.15, 0.2) is 36.4 Å². The van der Waals surface area contributed by atoms with E-state index < -0.39 is 23.5 Å². The van der Waals surface area contributed by atoms with Crippen molar-refractivity contribution in [1.29, 1.82) is 0 Å². The van der Waals surface area contributed by atoms with Gasteiger partial charge in [-0.2, -0.15) is 26.3 Å². The minimum atomic E-state index is -4.36. The monoisotopic (exact) mass is 493 g/mol. The van der Waals surface area contributed by atoms with Crippen molar-refractivity contribution >= 4 is 28.3 Å². The van der Waals surface area contributed by atoms with E-state index in [1.54, 1.807) is 22.6 Å². The Morgan fingerprint density at radius 3 is 1.54 bits per heavy atom. The maximum Gasteiger partial charge on any atom is 0.416 e. The van der Waals surface area contributed by atoms with E-state index in [0.29, 0.717) is 9.32 Å². The molecule has 0 spiro atoms. The van der Waals surface area contributed by atoms with Gasteiger partial charge in [0, 0.05) is 0 Å².